The van der Waals surface area contributed by atoms with Crippen LogP contribution in [0.2, 0.25) is 0 Å². The molecule has 8 heteroatoms. The molecule has 2 aromatic heterocycles. The summed E-state index contributed by atoms with van der Waals surface area (Å²) in [6.07, 6.45) is 1.75. The molecule has 1 amide bonds. The summed E-state index contributed by atoms with van der Waals surface area (Å²) in [5.41, 5.74) is 1.67. The molecule has 0 radical (unpaired) electrons. The Morgan fingerprint density at radius 3 is 2.69 bits per heavy atom. The molecule has 2 saturated heterocycles. The largest absolute Gasteiger partial charge is 0.361 e. The first-order chi connectivity index (χ1) is 14.0. The van der Waals surface area contributed by atoms with Crippen LogP contribution in [0.3, 0.4) is 0 Å². The van der Waals surface area contributed by atoms with Gasteiger partial charge in [-0.25, -0.2) is 0 Å². The fraction of sp³-hybridized carbons (Fsp3) is 0.429. The van der Waals surface area contributed by atoms with E-state index < -0.39 is 0 Å². The van der Waals surface area contributed by atoms with Crippen molar-refractivity contribution in [2.75, 3.05) is 26.2 Å². The number of hydrogen-bond acceptors (Lipinski definition) is 6. The van der Waals surface area contributed by atoms with Gasteiger partial charge in [0.15, 0.2) is 5.69 Å². The molecule has 29 heavy (non-hydrogen) atoms. The number of likely N-dealkylation sites (tertiary alicyclic amines) is 2. The van der Waals surface area contributed by atoms with Crippen molar-refractivity contribution in [3.63, 3.8) is 0 Å². The first-order valence-corrected chi connectivity index (χ1v) is 9.87. The van der Waals surface area contributed by atoms with Crippen LogP contribution >= 0.6 is 0 Å². The molecule has 0 aliphatic carbocycles. The third kappa shape index (κ3) is 3.13. The van der Waals surface area contributed by atoms with Gasteiger partial charge in [-0.3, -0.25) is 9.69 Å². The topological polar surface area (TPSA) is 80.3 Å². The second-order valence-corrected chi connectivity index (χ2v) is 8.35. The lowest BCUT2D eigenvalue weighted by Gasteiger charge is -2.50. The Kier molecular flexibility index (Phi) is 4.24. The summed E-state index contributed by atoms with van der Waals surface area (Å²) in [6, 6.07) is 12.2. The molecule has 1 spiro atoms. The van der Waals surface area contributed by atoms with Gasteiger partial charge >= 0.3 is 0 Å². The lowest BCUT2D eigenvalue weighted by molar-refractivity contribution is 0.000706. The van der Waals surface area contributed by atoms with Crippen molar-refractivity contribution in [3.05, 3.63) is 65.6 Å². The van der Waals surface area contributed by atoms with E-state index in [9.17, 15) is 4.79 Å². The average molecular weight is 392 g/mol. The molecule has 0 saturated carbocycles. The number of carbonyl (C=O) groups is 1. The van der Waals surface area contributed by atoms with Gasteiger partial charge in [0.2, 0.25) is 0 Å². The molecular formula is C21H24N6O2. The van der Waals surface area contributed by atoms with Gasteiger partial charge < -0.3 is 14.0 Å². The maximum Gasteiger partial charge on any atom is 0.276 e. The fourth-order valence-corrected chi connectivity index (χ4v) is 4.80. The zero-order chi connectivity index (χ0) is 20.0. The smallest absolute Gasteiger partial charge is 0.276 e. The van der Waals surface area contributed by atoms with Crippen molar-refractivity contribution in [2.24, 2.45) is 12.5 Å². The molecule has 2 aliphatic rings. The number of carbonyl (C=O) groups excluding carboxylic acids is 1. The Morgan fingerprint density at radius 1 is 1.24 bits per heavy atom. The Bertz CT molecular complexity index is 1020. The molecule has 4 heterocycles. The summed E-state index contributed by atoms with van der Waals surface area (Å²) in [4.78, 5) is 17.1. The average Bonchev–Trinajstić information content (AvgIpc) is 3.39. The van der Waals surface area contributed by atoms with Crippen molar-refractivity contribution in [1.82, 2.24) is 29.7 Å². The van der Waals surface area contributed by atoms with Crippen LogP contribution in [0.15, 0.2) is 47.2 Å². The van der Waals surface area contributed by atoms with Crippen LogP contribution in [0.4, 0.5) is 0 Å². The number of amides is 1. The van der Waals surface area contributed by atoms with E-state index in [2.05, 4.69) is 44.5 Å². The molecule has 0 bridgehead atoms. The van der Waals surface area contributed by atoms with Gasteiger partial charge in [-0.1, -0.05) is 35.5 Å². The third-order valence-electron chi connectivity index (χ3n) is 6.17. The maximum atomic E-state index is 12.8. The molecule has 150 valence electrons. The molecule has 2 aliphatic heterocycles. The number of aryl methyl sites for hydroxylation is 2. The first-order valence-electron chi connectivity index (χ1n) is 9.87. The normalized spacial score (nSPS) is 20.9. The Labute approximate surface area is 169 Å². The Morgan fingerprint density at radius 2 is 2.03 bits per heavy atom. The van der Waals surface area contributed by atoms with E-state index in [0.29, 0.717) is 24.5 Å². The van der Waals surface area contributed by atoms with Crippen molar-refractivity contribution < 1.29 is 9.32 Å². The number of rotatable bonds is 4. The molecule has 3 aromatic rings. The quantitative estimate of drug-likeness (QED) is 0.674. The molecule has 2 fully saturated rings. The molecular weight excluding hydrogens is 368 g/mol. The second-order valence-electron chi connectivity index (χ2n) is 8.35. The lowest BCUT2D eigenvalue weighted by Crippen LogP contribution is -2.61. The second kappa shape index (κ2) is 6.81. The van der Waals surface area contributed by atoms with Crippen LogP contribution < -0.4 is 0 Å². The highest BCUT2D eigenvalue weighted by Gasteiger charge is 2.57. The predicted octanol–water partition coefficient (Wildman–Crippen LogP) is 1.85. The van der Waals surface area contributed by atoms with Crippen molar-refractivity contribution >= 4 is 5.91 Å². The molecule has 1 unspecified atom stereocenters. The Hall–Kier alpha value is -3.00. The molecule has 1 atom stereocenters. The van der Waals surface area contributed by atoms with Gasteiger partial charge in [0, 0.05) is 57.2 Å². The molecule has 5 rings (SSSR count). The maximum absolute atomic E-state index is 12.8. The van der Waals surface area contributed by atoms with Crippen LogP contribution in [0.25, 0.3) is 0 Å². The van der Waals surface area contributed by atoms with E-state index in [0.717, 1.165) is 25.5 Å². The highest BCUT2D eigenvalue weighted by Crippen LogP contribution is 2.49. The van der Waals surface area contributed by atoms with E-state index >= 15 is 0 Å². The summed E-state index contributed by atoms with van der Waals surface area (Å²) < 4.78 is 7.08. The van der Waals surface area contributed by atoms with Crippen molar-refractivity contribution in [3.8, 4) is 0 Å². The summed E-state index contributed by atoms with van der Waals surface area (Å²) in [7, 11) is 1.99. The van der Waals surface area contributed by atoms with Gasteiger partial charge in [0.05, 0.1) is 0 Å². The molecule has 8 nitrogen and oxygen atoms in total. The highest BCUT2D eigenvalue weighted by molar-refractivity contribution is 5.93. The van der Waals surface area contributed by atoms with Gasteiger partial charge in [0.25, 0.3) is 5.91 Å². The van der Waals surface area contributed by atoms with E-state index in [1.807, 2.05) is 22.6 Å². The zero-order valence-corrected chi connectivity index (χ0v) is 16.7. The van der Waals surface area contributed by atoms with Crippen LogP contribution in [-0.4, -0.2) is 61.8 Å². The van der Waals surface area contributed by atoms with Gasteiger partial charge in [0.1, 0.15) is 17.9 Å². The molecule has 1 aromatic carbocycles. The Balaban J connectivity index is 1.36. The summed E-state index contributed by atoms with van der Waals surface area (Å²) >= 11 is 0. The van der Waals surface area contributed by atoms with Crippen LogP contribution in [-0.2, 0) is 13.6 Å². The van der Waals surface area contributed by atoms with E-state index in [4.69, 9.17) is 4.52 Å². The SMILES string of the molecule is Cc1cc(C(=O)N2CC3(CN(Cc4ccccc4)CC3c3nncn3C)C2)no1. The lowest BCUT2D eigenvalue weighted by atomic mass is 9.71. The first kappa shape index (κ1) is 18.1. The summed E-state index contributed by atoms with van der Waals surface area (Å²) in [5.74, 6) is 1.81. The van der Waals surface area contributed by atoms with Gasteiger partial charge in [-0.2, -0.15) is 0 Å². The van der Waals surface area contributed by atoms with Crippen LogP contribution in [0.1, 0.15) is 33.6 Å². The minimum atomic E-state index is -0.0642. The summed E-state index contributed by atoms with van der Waals surface area (Å²) in [5, 5.41) is 12.4. The minimum Gasteiger partial charge on any atom is -0.361 e. The molecule has 0 N–H and O–H groups in total. The van der Waals surface area contributed by atoms with Crippen molar-refractivity contribution in [2.45, 2.75) is 19.4 Å². The van der Waals surface area contributed by atoms with E-state index in [-0.39, 0.29) is 17.2 Å². The number of benzene rings is 1. The van der Waals surface area contributed by atoms with Gasteiger partial charge in [-0.15, -0.1) is 10.2 Å². The number of nitrogens with zero attached hydrogens (tertiary/aromatic N) is 6. The predicted molar refractivity (Wildman–Crippen MR) is 105 cm³/mol. The number of hydrogen-bond donors (Lipinski definition) is 0. The van der Waals surface area contributed by atoms with E-state index in [1.54, 1.807) is 19.3 Å². The van der Waals surface area contributed by atoms with Gasteiger partial charge in [-0.05, 0) is 12.5 Å². The minimum absolute atomic E-state index is 0.00991. The zero-order valence-electron chi connectivity index (χ0n) is 16.7. The highest BCUT2D eigenvalue weighted by atomic mass is 16.5. The standard InChI is InChI=1S/C21H24N6O2/c1-15-8-18(24-29-15)20(28)27-12-21(13-27)11-26(9-16-6-4-3-5-7-16)10-17(21)19-23-22-14-25(19)2/h3-8,14,17H,9-13H2,1-2H3. The van der Waals surface area contributed by atoms with Crippen LogP contribution in [0.5, 0.6) is 0 Å². The summed E-state index contributed by atoms with van der Waals surface area (Å²) in [6.45, 7) is 5.92. The monoisotopic (exact) mass is 392 g/mol. The number of aromatic nitrogens is 4. The van der Waals surface area contributed by atoms with Crippen LogP contribution in [0, 0.1) is 12.3 Å². The van der Waals surface area contributed by atoms with Crippen molar-refractivity contribution in [1.29, 1.82) is 0 Å². The fourth-order valence-electron chi connectivity index (χ4n) is 4.80. The third-order valence-corrected chi connectivity index (χ3v) is 6.17. The van der Waals surface area contributed by atoms with E-state index in [1.165, 1.54) is 5.56 Å².